The number of nitrogens with zero attached hydrogens (tertiary/aromatic N) is 3. The zero-order chi connectivity index (χ0) is 18.5. The van der Waals surface area contributed by atoms with Crippen LogP contribution in [0, 0.1) is 6.92 Å². The van der Waals surface area contributed by atoms with Gasteiger partial charge in [0.1, 0.15) is 9.23 Å². The molecule has 0 radical (unpaired) electrons. The van der Waals surface area contributed by atoms with Gasteiger partial charge >= 0.3 is 0 Å². The number of aromatic nitrogens is 4. The first-order chi connectivity index (χ1) is 12.3. The van der Waals surface area contributed by atoms with Crippen molar-refractivity contribution in [2.45, 2.75) is 29.9 Å². The summed E-state index contributed by atoms with van der Waals surface area (Å²) in [7, 11) is -3.76. The summed E-state index contributed by atoms with van der Waals surface area (Å²) in [6.07, 6.45) is 2.34. The summed E-state index contributed by atoms with van der Waals surface area (Å²) in [5.41, 5.74) is 1.66. The second-order valence-electron chi connectivity index (χ2n) is 6.07. The normalized spacial score (nSPS) is 14.6. The fourth-order valence-corrected chi connectivity index (χ4v) is 4.27. The molecule has 0 unspecified atom stereocenters. The van der Waals surface area contributed by atoms with Crippen LogP contribution in [0.5, 0.6) is 0 Å². The molecule has 1 aliphatic rings. The smallest absolute Gasteiger partial charge is 0.247 e. The summed E-state index contributed by atoms with van der Waals surface area (Å²) < 4.78 is 23.0. The van der Waals surface area contributed by atoms with E-state index in [0.29, 0.717) is 39.0 Å². The molecular formula is C15H15ClN6O2S2. The Morgan fingerprint density at radius 2 is 2.12 bits per heavy atom. The summed E-state index contributed by atoms with van der Waals surface area (Å²) >= 11 is 7.33. The molecule has 8 nitrogen and oxygen atoms in total. The van der Waals surface area contributed by atoms with E-state index in [2.05, 4.69) is 25.5 Å². The number of aryl methyl sites for hydroxylation is 1. The number of hydrogen-bond acceptors (Lipinski definition) is 7. The topological polar surface area (TPSA) is 127 Å². The molecule has 0 spiro atoms. The molecule has 136 valence electrons. The van der Waals surface area contributed by atoms with Gasteiger partial charge in [0.2, 0.25) is 10.0 Å². The summed E-state index contributed by atoms with van der Waals surface area (Å²) in [5.74, 6) is 1.95. The third kappa shape index (κ3) is 3.45. The van der Waals surface area contributed by atoms with Crippen LogP contribution >= 0.6 is 22.9 Å². The Labute approximate surface area is 158 Å². The minimum Gasteiger partial charge on any atom is -0.322 e. The summed E-state index contributed by atoms with van der Waals surface area (Å²) in [5, 5.41) is 15.9. The Hall–Kier alpha value is -2.01. The summed E-state index contributed by atoms with van der Waals surface area (Å²) in [6.45, 7) is 1.76. The highest BCUT2D eigenvalue weighted by Crippen LogP contribution is 2.40. The van der Waals surface area contributed by atoms with E-state index in [1.165, 1.54) is 18.9 Å². The number of nitrogens with one attached hydrogen (secondary N) is 2. The van der Waals surface area contributed by atoms with Gasteiger partial charge in [-0.3, -0.25) is 5.10 Å². The van der Waals surface area contributed by atoms with Crippen LogP contribution in [0.4, 0.5) is 11.6 Å². The molecule has 3 heterocycles. The molecule has 0 saturated heterocycles. The second-order valence-corrected chi connectivity index (χ2v) is 9.32. The van der Waals surface area contributed by atoms with Crippen LogP contribution in [0.3, 0.4) is 0 Å². The Bertz CT molecular complexity index is 1090. The number of hydrogen-bond donors (Lipinski definition) is 3. The van der Waals surface area contributed by atoms with E-state index >= 15 is 0 Å². The van der Waals surface area contributed by atoms with Crippen LogP contribution in [0.2, 0.25) is 5.02 Å². The van der Waals surface area contributed by atoms with E-state index in [1.54, 1.807) is 13.0 Å². The number of sulfonamides is 1. The first kappa shape index (κ1) is 17.4. The van der Waals surface area contributed by atoms with E-state index in [0.717, 1.165) is 17.0 Å². The fourth-order valence-electron chi connectivity index (χ4n) is 2.47. The maximum Gasteiger partial charge on any atom is 0.247 e. The molecule has 1 saturated carbocycles. The standard InChI is InChI=1S/C15H15ClN6O2S2/c1-7-13(16)15(19-11-6-9(21-22-11)8-2-3-8)20-14(18-7)10-4-5-12(25-10)26(17,23)24/h4-6,8H,2-3H2,1H3,(H2,17,23,24)(H2,18,19,20,21,22). The maximum atomic E-state index is 11.5. The van der Waals surface area contributed by atoms with E-state index in [4.69, 9.17) is 16.7 Å². The lowest BCUT2D eigenvalue weighted by molar-refractivity contribution is 0.600. The predicted molar refractivity (Wildman–Crippen MR) is 100 cm³/mol. The third-order valence-corrected chi connectivity index (χ3v) is 6.93. The molecule has 1 fully saturated rings. The molecule has 11 heteroatoms. The van der Waals surface area contributed by atoms with Crippen molar-refractivity contribution in [3.63, 3.8) is 0 Å². The number of anilines is 2. The lowest BCUT2D eigenvalue weighted by Crippen LogP contribution is -2.09. The SMILES string of the molecule is Cc1nc(-c2ccc(S(N)(=O)=O)s2)nc(Nc2cc(C3CC3)[nH]n2)c1Cl. The summed E-state index contributed by atoms with van der Waals surface area (Å²) in [4.78, 5) is 9.36. The van der Waals surface area contributed by atoms with Crippen molar-refractivity contribution >= 4 is 44.6 Å². The van der Waals surface area contributed by atoms with Gasteiger partial charge in [-0.1, -0.05) is 11.6 Å². The van der Waals surface area contributed by atoms with Crippen LogP contribution in [0.25, 0.3) is 10.7 Å². The van der Waals surface area contributed by atoms with E-state index in [9.17, 15) is 8.42 Å². The Kier molecular flexibility index (Phi) is 4.22. The van der Waals surface area contributed by atoms with Gasteiger partial charge in [0.05, 0.1) is 10.6 Å². The molecule has 1 aliphatic carbocycles. The van der Waals surface area contributed by atoms with Crippen molar-refractivity contribution in [2.24, 2.45) is 5.14 Å². The third-order valence-electron chi connectivity index (χ3n) is 3.96. The molecule has 0 amide bonds. The van der Waals surface area contributed by atoms with Gasteiger partial charge in [-0.2, -0.15) is 5.10 Å². The second kappa shape index (κ2) is 6.31. The highest BCUT2D eigenvalue weighted by molar-refractivity contribution is 7.91. The van der Waals surface area contributed by atoms with Gasteiger partial charge in [0, 0.05) is 17.7 Å². The van der Waals surface area contributed by atoms with Gasteiger partial charge in [0.25, 0.3) is 0 Å². The minimum atomic E-state index is -3.76. The molecule has 4 rings (SSSR count). The highest BCUT2D eigenvalue weighted by Gasteiger charge is 2.25. The van der Waals surface area contributed by atoms with E-state index < -0.39 is 10.0 Å². The molecule has 0 atom stereocenters. The van der Waals surface area contributed by atoms with Crippen molar-refractivity contribution in [2.75, 3.05) is 5.32 Å². The van der Waals surface area contributed by atoms with Gasteiger partial charge in [-0.25, -0.2) is 23.5 Å². The van der Waals surface area contributed by atoms with E-state index in [1.807, 2.05) is 6.07 Å². The number of H-pyrrole nitrogens is 1. The van der Waals surface area contributed by atoms with Crippen LogP contribution in [0.1, 0.15) is 30.1 Å². The van der Waals surface area contributed by atoms with Crippen LogP contribution in [0.15, 0.2) is 22.4 Å². The van der Waals surface area contributed by atoms with Crippen molar-refractivity contribution in [1.29, 1.82) is 0 Å². The first-order valence-corrected chi connectivity index (χ1v) is 10.5. The Balaban J connectivity index is 1.67. The maximum absolute atomic E-state index is 11.5. The molecule has 3 aromatic heterocycles. The molecule has 3 aromatic rings. The number of rotatable bonds is 5. The molecule has 26 heavy (non-hydrogen) atoms. The number of thiophene rings is 1. The fraction of sp³-hybridized carbons (Fsp3) is 0.267. The van der Waals surface area contributed by atoms with Crippen molar-refractivity contribution in [3.8, 4) is 10.7 Å². The van der Waals surface area contributed by atoms with Crippen LogP contribution < -0.4 is 10.5 Å². The number of halogens is 1. The lowest BCUT2D eigenvalue weighted by Gasteiger charge is -2.08. The monoisotopic (exact) mass is 410 g/mol. The van der Waals surface area contributed by atoms with Gasteiger partial charge in [0.15, 0.2) is 17.5 Å². The van der Waals surface area contributed by atoms with Crippen LogP contribution in [-0.4, -0.2) is 28.6 Å². The largest absolute Gasteiger partial charge is 0.322 e. The molecule has 4 N–H and O–H groups in total. The molecule has 0 bridgehead atoms. The van der Waals surface area contributed by atoms with Gasteiger partial charge in [-0.05, 0) is 31.9 Å². The Morgan fingerprint density at radius 3 is 2.77 bits per heavy atom. The molecular weight excluding hydrogens is 396 g/mol. The van der Waals surface area contributed by atoms with Crippen molar-refractivity contribution in [3.05, 3.63) is 34.6 Å². The Morgan fingerprint density at radius 1 is 1.35 bits per heavy atom. The van der Waals surface area contributed by atoms with E-state index in [-0.39, 0.29) is 4.21 Å². The average Bonchev–Trinajstić information content (AvgIpc) is 3.10. The number of primary sulfonamides is 1. The summed E-state index contributed by atoms with van der Waals surface area (Å²) in [6, 6.07) is 5.00. The number of aromatic amines is 1. The van der Waals surface area contributed by atoms with Gasteiger partial charge < -0.3 is 5.32 Å². The lowest BCUT2D eigenvalue weighted by atomic mass is 10.3. The highest BCUT2D eigenvalue weighted by atomic mass is 35.5. The first-order valence-electron chi connectivity index (χ1n) is 7.81. The van der Waals surface area contributed by atoms with Crippen molar-refractivity contribution < 1.29 is 8.42 Å². The molecule has 0 aromatic carbocycles. The predicted octanol–water partition coefficient (Wildman–Crippen LogP) is 3.16. The van der Waals surface area contributed by atoms with Crippen molar-refractivity contribution in [1.82, 2.24) is 20.2 Å². The quantitative estimate of drug-likeness (QED) is 0.592. The minimum absolute atomic E-state index is 0.0552. The zero-order valence-electron chi connectivity index (χ0n) is 13.7. The van der Waals surface area contributed by atoms with Crippen LogP contribution in [-0.2, 0) is 10.0 Å². The van der Waals surface area contributed by atoms with Gasteiger partial charge in [-0.15, -0.1) is 11.3 Å². The average molecular weight is 411 g/mol. The number of nitrogens with two attached hydrogens (primary N) is 1. The molecule has 0 aliphatic heterocycles. The zero-order valence-corrected chi connectivity index (χ0v) is 16.0.